The highest BCUT2D eigenvalue weighted by Crippen LogP contribution is 2.19. The molecule has 0 saturated heterocycles. The molecule has 1 heterocycles. The first kappa shape index (κ1) is 12.0. The molecule has 0 aliphatic heterocycles. The fourth-order valence-electron chi connectivity index (χ4n) is 1.70. The molecule has 0 unspecified atom stereocenters. The zero-order valence-electron chi connectivity index (χ0n) is 9.77. The first-order valence-electron chi connectivity index (χ1n) is 5.49. The molecule has 90 valence electrons. The van der Waals surface area contributed by atoms with Gasteiger partial charge in [0.25, 0.3) is 0 Å². The lowest BCUT2D eigenvalue weighted by atomic mass is 10.2. The summed E-state index contributed by atoms with van der Waals surface area (Å²) in [6.45, 7) is 4.97. The second kappa shape index (κ2) is 4.79. The summed E-state index contributed by atoms with van der Waals surface area (Å²) in [6, 6.07) is 6.37. The summed E-state index contributed by atoms with van der Waals surface area (Å²) in [4.78, 5) is 0. The van der Waals surface area contributed by atoms with Crippen LogP contribution in [0.4, 0.5) is 4.39 Å². The van der Waals surface area contributed by atoms with Crippen LogP contribution in [-0.2, 0) is 6.54 Å². The fraction of sp³-hybridized carbons (Fsp3) is 0.333. The minimum absolute atomic E-state index is 0.271. The number of nitrogens with one attached hydrogen (secondary N) is 1. The van der Waals surface area contributed by atoms with E-state index in [-0.39, 0.29) is 5.82 Å². The Bertz CT molecular complexity index is 571. The molecule has 2 rings (SSSR count). The molecule has 3 nitrogen and oxygen atoms in total. The quantitative estimate of drug-likeness (QED) is 0.848. The van der Waals surface area contributed by atoms with E-state index in [1.807, 2.05) is 10.6 Å². The average molecular weight is 251 g/mol. The molecular weight excluding hydrogens is 237 g/mol. The van der Waals surface area contributed by atoms with Crippen LogP contribution >= 0.6 is 12.2 Å². The molecule has 0 radical (unpaired) electrons. The highest BCUT2D eigenvalue weighted by atomic mass is 32.1. The van der Waals surface area contributed by atoms with Crippen molar-refractivity contribution in [2.45, 2.75) is 20.4 Å². The van der Waals surface area contributed by atoms with E-state index in [4.69, 9.17) is 12.2 Å². The molecule has 0 aliphatic carbocycles. The van der Waals surface area contributed by atoms with Crippen LogP contribution in [0.1, 0.15) is 13.8 Å². The summed E-state index contributed by atoms with van der Waals surface area (Å²) in [7, 11) is 0. The summed E-state index contributed by atoms with van der Waals surface area (Å²) in [5.41, 5.74) is 0.734. The van der Waals surface area contributed by atoms with E-state index in [0.29, 0.717) is 16.5 Å². The van der Waals surface area contributed by atoms with E-state index in [1.165, 1.54) is 12.1 Å². The van der Waals surface area contributed by atoms with Crippen molar-refractivity contribution in [3.05, 3.63) is 34.9 Å². The van der Waals surface area contributed by atoms with E-state index in [1.54, 1.807) is 6.07 Å². The van der Waals surface area contributed by atoms with Crippen LogP contribution in [0.25, 0.3) is 11.4 Å². The fourth-order valence-corrected chi connectivity index (χ4v) is 1.91. The molecule has 1 aromatic heterocycles. The van der Waals surface area contributed by atoms with Crippen molar-refractivity contribution in [2.24, 2.45) is 5.92 Å². The number of rotatable bonds is 3. The van der Waals surface area contributed by atoms with Crippen LogP contribution in [0.2, 0.25) is 0 Å². The zero-order chi connectivity index (χ0) is 12.4. The molecular formula is C12H14FN3S. The van der Waals surface area contributed by atoms with Crippen LogP contribution in [0.5, 0.6) is 0 Å². The van der Waals surface area contributed by atoms with Gasteiger partial charge in [0.2, 0.25) is 0 Å². The summed E-state index contributed by atoms with van der Waals surface area (Å²) in [6.07, 6.45) is 0. The number of H-pyrrole nitrogens is 1. The van der Waals surface area contributed by atoms with Crippen molar-refractivity contribution < 1.29 is 4.39 Å². The van der Waals surface area contributed by atoms with Gasteiger partial charge in [0.05, 0.1) is 0 Å². The Balaban J connectivity index is 2.49. The summed E-state index contributed by atoms with van der Waals surface area (Å²) >= 11 is 5.18. The summed E-state index contributed by atoms with van der Waals surface area (Å²) in [5, 5.41) is 6.91. The first-order chi connectivity index (χ1) is 8.08. The molecule has 0 spiro atoms. The Kier molecular flexibility index (Phi) is 3.38. The molecule has 5 heteroatoms. The monoisotopic (exact) mass is 251 g/mol. The minimum atomic E-state index is -0.271. The van der Waals surface area contributed by atoms with Gasteiger partial charge in [-0.05, 0) is 30.3 Å². The molecule has 0 fully saturated rings. The van der Waals surface area contributed by atoms with Crippen molar-refractivity contribution in [2.75, 3.05) is 0 Å². The number of hydrogen-bond acceptors (Lipinski definition) is 2. The number of aromatic nitrogens is 3. The third-order valence-electron chi connectivity index (χ3n) is 2.39. The first-order valence-corrected chi connectivity index (χ1v) is 5.90. The molecule has 1 N–H and O–H groups in total. The molecule has 2 aromatic rings. The molecule has 17 heavy (non-hydrogen) atoms. The third kappa shape index (κ3) is 2.61. The summed E-state index contributed by atoms with van der Waals surface area (Å²) < 4.78 is 15.6. The maximum absolute atomic E-state index is 13.2. The smallest absolute Gasteiger partial charge is 0.195 e. The second-order valence-electron chi connectivity index (χ2n) is 4.37. The Hall–Kier alpha value is -1.49. The Morgan fingerprint density at radius 3 is 2.88 bits per heavy atom. The highest BCUT2D eigenvalue weighted by Gasteiger charge is 2.10. The predicted octanol–water partition coefficient (Wildman–Crippen LogP) is 3.40. The topological polar surface area (TPSA) is 33.6 Å². The average Bonchev–Trinajstić information content (AvgIpc) is 2.60. The second-order valence-corrected chi connectivity index (χ2v) is 4.75. The number of benzene rings is 1. The number of nitrogens with zero attached hydrogens (tertiary/aromatic N) is 2. The standard InChI is InChI=1S/C12H14FN3S/c1-8(2)7-16-11(14-15-12(16)17)9-4-3-5-10(13)6-9/h3-6,8H,7H2,1-2H3,(H,15,17). The Morgan fingerprint density at radius 1 is 1.47 bits per heavy atom. The predicted molar refractivity (Wildman–Crippen MR) is 67.6 cm³/mol. The van der Waals surface area contributed by atoms with Gasteiger partial charge in [0.15, 0.2) is 10.6 Å². The van der Waals surface area contributed by atoms with Crippen LogP contribution < -0.4 is 0 Å². The van der Waals surface area contributed by atoms with Crippen molar-refractivity contribution >= 4 is 12.2 Å². The van der Waals surface area contributed by atoms with Gasteiger partial charge in [0.1, 0.15) is 5.82 Å². The normalized spacial score (nSPS) is 11.1. The maximum atomic E-state index is 13.2. The third-order valence-corrected chi connectivity index (χ3v) is 2.70. The van der Waals surface area contributed by atoms with Gasteiger partial charge in [0, 0.05) is 12.1 Å². The van der Waals surface area contributed by atoms with Gasteiger partial charge in [-0.2, -0.15) is 5.10 Å². The molecule has 0 bridgehead atoms. The van der Waals surface area contributed by atoms with Crippen LogP contribution in [-0.4, -0.2) is 14.8 Å². The van der Waals surface area contributed by atoms with Crippen molar-refractivity contribution in [1.29, 1.82) is 0 Å². The van der Waals surface area contributed by atoms with Crippen LogP contribution in [0.15, 0.2) is 24.3 Å². The lowest BCUT2D eigenvalue weighted by molar-refractivity contribution is 0.521. The largest absolute Gasteiger partial charge is 0.300 e. The lowest BCUT2D eigenvalue weighted by Gasteiger charge is -2.09. The van der Waals surface area contributed by atoms with E-state index in [2.05, 4.69) is 24.0 Å². The molecule has 0 atom stereocenters. The van der Waals surface area contributed by atoms with E-state index in [0.717, 1.165) is 12.1 Å². The number of halogens is 1. The van der Waals surface area contributed by atoms with Crippen molar-refractivity contribution in [3.63, 3.8) is 0 Å². The van der Waals surface area contributed by atoms with E-state index in [9.17, 15) is 4.39 Å². The van der Waals surface area contributed by atoms with Crippen molar-refractivity contribution in [1.82, 2.24) is 14.8 Å². The Morgan fingerprint density at radius 2 is 2.24 bits per heavy atom. The number of aromatic amines is 1. The van der Waals surface area contributed by atoms with Gasteiger partial charge < -0.3 is 0 Å². The van der Waals surface area contributed by atoms with Gasteiger partial charge >= 0.3 is 0 Å². The van der Waals surface area contributed by atoms with Crippen LogP contribution in [0.3, 0.4) is 0 Å². The molecule has 0 saturated carbocycles. The summed E-state index contributed by atoms with van der Waals surface area (Å²) in [5.74, 6) is 0.863. The van der Waals surface area contributed by atoms with Crippen molar-refractivity contribution in [3.8, 4) is 11.4 Å². The van der Waals surface area contributed by atoms with E-state index < -0.39 is 0 Å². The number of hydrogen-bond donors (Lipinski definition) is 1. The van der Waals surface area contributed by atoms with Gasteiger partial charge in [-0.15, -0.1) is 0 Å². The highest BCUT2D eigenvalue weighted by molar-refractivity contribution is 7.71. The SMILES string of the molecule is CC(C)Cn1c(-c2cccc(F)c2)n[nH]c1=S. The minimum Gasteiger partial charge on any atom is -0.300 e. The van der Waals surface area contributed by atoms with Crippen LogP contribution in [0, 0.1) is 16.5 Å². The lowest BCUT2D eigenvalue weighted by Crippen LogP contribution is -2.06. The Labute approximate surface area is 104 Å². The molecule has 0 amide bonds. The van der Waals surface area contributed by atoms with E-state index >= 15 is 0 Å². The zero-order valence-corrected chi connectivity index (χ0v) is 10.6. The van der Waals surface area contributed by atoms with Gasteiger partial charge in [-0.25, -0.2) is 4.39 Å². The van der Waals surface area contributed by atoms with Gasteiger partial charge in [-0.3, -0.25) is 9.67 Å². The maximum Gasteiger partial charge on any atom is 0.195 e. The molecule has 0 aliphatic rings. The van der Waals surface area contributed by atoms with Gasteiger partial charge in [-0.1, -0.05) is 26.0 Å². The molecule has 1 aromatic carbocycles.